The van der Waals surface area contributed by atoms with Gasteiger partial charge in [0.2, 0.25) is 0 Å². The lowest BCUT2D eigenvalue weighted by Crippen LogP contribution is -2.50. The van der Waals surface area contributed by atoms with Gasteiger partial charge in [0, 0.05) is 31.1 Å². The van der Waals surface area contributed by atoms with Gasteiger partial charge in [0.15, 0.2) is 0 Å². The van der Waals surface area contributed by atoms with E-state index in [1.807, 2.05) is 11.0 Å². The summed E-state index contributed by atoms with van der Waals surface area (Å²) >= 11 is 1.70. The standard InChI is InChI=1S/C16H27N3O2S.2ClH/c1-3-18(4-2)8-9-19(13-14-6-5-11-22-14)16(20)15-12-17-7-10-21-15;;/h5-6,11,15,17H,3-4,7-10,12-13H2,1-2H3;2*1H. The number of rotatable bonds is 8. The van der Waals surface area contributed by atoms with E-state index in [9.17, 15) is 4.79 Å². The zero-order valence-corrected chi connectivity index (χ0v) is 16.9. The van der Waals surface area contributed by atoms with Gasteiger partial charge in [0.05, 0.1) is 13.2 Å². The molecular formula is C16H29Cl2N3O2S. The van der Waals surface area contributed by atoms with E-state index < -0.39 is 0 Å². The van der Waals surface area contributed by atoms with Gasteiger partial charge in [0.25, 0.3) is 5.91 Å². The second-order valence-corrected chi connectivity index (χ2v) is 6.46. The van der Waals surface area contributed by atoms with E-state index in [4.69, 9.17) is 4.74 Å². The van der Waals surface area contributed by atoms with Gasteiger partial charge in [-0.05, 0) is 24.5 Å². The molecule has 1 fully saturated rings. The van der Waals surface area contributed by atoms with Crippen LogP contribution in [0.4, 0.5) is 0 Å². The first-order chi connectivity index (χ1) is 10.7. The third-order valence-corrected chi connectivity index (χ3v) is 4.88. The molecular weight excluding hydrogens is 369 g/mol. The van der Waals surface area contributed by atoms with E-state index in [-0.39, 0.29) is 36.8 Å². The molecule has 0 aliphatic carbocycles. The van der Waals surface area contributed by atoms with Crippen LogP contribution in [0.5, 0.6) is 0 Å². The molecule has 5 nitrogen and oxygen atoms in total. The molecule has 1 aromatic heterocycles. The minimum Gasteiger partial charge on any atom is -0.366 e. The molecule has 1 aromatic rings. The molecule has 1 aliphatic rings. The topological polar surface area (TPSA) is 44.8 Å². The summed E-state index contributed by atoms with van der Waals surface area (Å²) in [5.74, 6) is 0.104. The molecule has 24 heavy (non-hydrogen) atoms. The zero-order chi connectivity index (χ0) is 15.8. The highest BCUT2D eigenvalue weighted by Gasteiger charge is 2.27. The van der Waals surface area contributed by atoms with Crippen LogP contribution >= 0.6 is 36.2 Å². The molecule has 0 spiro atoms. The van der Waals surface area contributed by atoms with Crippen LogP contribution in [0.15, 0.2) is 17.5 Å². The van der Waals surface area contributed by atoms with Gasteiger partial charge < -0.3 is 19.9 Å². The smallest absolute Gasteiger partial charge is 0.253 e. The Balaban J connectivity index is 0.00000264. The SMILES string of the molecule is CCN(CC)CCN(Cc1cccs1)C(=O)C1CNCCO1.Cl.Cl. The Morgan fingerprint density at radius 3 is 2.62 bits per heavy atom. The molecule has 1 saturated heterocycles. The average Bonchev–Trinajstić information content (AvgIpc) is 3.08. The Hall–Kier alpha value is -0.370. The summed E-state index contributed by atoms with van der Waals surface area (Å²) in [5.41, 5.74) is 0. The van der Waals surface area contributed by atoms with Crippen molar-refractivity contribution in [3.05, 3.63) is 22.4 Å². The fourth-order valence-electron chi connectivity index (χ4n) is 2.59. The molecule has 0 radical (unpaired) electrons. The summed E-state index contributed by atoms with van der Waals surface area (Å²) in [6.07, 6.45) is -0.342. The van der Waals surface area contributed by atoms with Crippen LogP contribution in [0.3, 0.4) is 0 Å². The Bertz CT molecular complexity index is 439. The molecule has 1 N–H and O–H groups in total. The molecule has 1 atom stereocenters. The van der Waals surface area contributed by atoms with E-state index >= 15 is 0 Å². The summed E-state index contributed by atoms with van der Waals surface area (Å²) in [5, 5.41) is 5.29. The number of morpholine rings is 1. The van der Waals surface area contributed by atoms with E-state index in [0.29, 0.717) is 19.7 Å². The Labute approximate surface area is 161 Å². The number of thiophene rings is 1. The van der Waals surface area contributed by atoms with Gasteiger partial charge in [-0.2, -0.15) is 0 Å². The van der Waals surface area contributed by atoms with Gasteiger partial charge in [-0.25, -0.2) is 0 Å². The van der Waals surface area contributed by atoms with E-state index in [0.717, 1.165) is 32.7 Å². The fourth-order valence-corrected chi connectivity index (χ4v) is 3.31. The van der Waals surface area contributed by atoms with Gasteiger partial charge >= 0.3 is 0 Å². The number of halogens is 2. The zero-order valence-electron chi connectivity index (χ0n) is 14.4. The van der Waals surface area contributed by atoms with Gasteiger partial charge in [-0.3, -0.25) is 4.79 Å². The highest BCUT2D eigenvalue weighted by Crippen LogP contribution is 2.14. The van der Waals surface area contributed by atoms with Crippen molar-refractivity contribution in [1.82, 2.24) is 15.1 Å². The second-order valence-electron chi connectivity index (χ2n) is 5.43. The van der Waals surface area contributed by atoms with Crippen molar-refractivity contribution in [2.45, 2.75) is 26.5 Å². The van der Waals surface area contributed by atoms with E-state index in [2.05, 4.69) is 35.5 Å². The normalized spacial score (nSPS) is 17.0. The molecule has 2 heterocycles. The van der Waals surface area contributed by atoms with Crippen LogP contribution in [0.25, 0.3) is 0 Å². The molecule has 0 bridgehead atoms. The lowest BCUT2D eigenvalue weighted by Gasteiger charge is -2.31. The molecule has 0 aromatic carbocycles. The minimum absolute atomic E-state index is 0. The number of amides is 1. The highest BCUT2D eigenvalue weighted by molar-refractivity contribution is 7.09. The Kier molecular flexibility index (Phi) is 12.7. The Morgan fingerprint density at radius 2 is 2.08 bits per heavy atom. The lowest BCUT2D eigenvalue weighted by atomic mass is 10.2. The predicted molar refractivity (Wildman–Crippen MR) is 105 cm³/mol. The summed E-state index contributed by atoms with van der Waals surface area (Å²) in [7, 11) is 0. The quantitative estimate of drug-likeness (QED) is 0.730. The van der Waals surface area contributed by atoms with Gasteiger partial charge in [-0.15, -0.1) is 36.2 Å². The number of hydrogen-bond donors (Lipinski definition) is 1. The van der Waals surface area contributed by atoms with Crippen LogP contribution in [0.2, 0.25) is 0 Å². The maximum atomic E-state index is 12.8. The van der Waals surface area contributed by atoms with Crippen molar-refractivity contribution >= 4 is 42.1 Å². The number of nitrogens with zero attached hydrogens (tertiary/aromatic N) is 2. The number of likely N-dealkylation sites (N-methyl/N-ethyl adjacent to an activating group) is 1. The van der Waals surface area contributed by atoms with E-state index in [1.54, 1.807) is 11.3 Å². The maximum Gasteiger partial charge on any atom is 0.253 e. The highest BCUT2D eigenvalue weighted by atomic mass is 35.5. The van der Waals surface area contributed by atoms with E-state index in [1.165, 1.54) is 4.88 Å². The van der Waals surface area contributed by atoms with Gasteiger partial charge in [0.1, 0.15) is 6.10 Å². The van der Waals surface area contributed by atoms with Crippen molar-refractivity contribution in [2.24, 2.45) is 0 Å². The van der Waals surface area contributed by atoms with Crippen LogP contribution in [-0.2, 0) is 16.1 Å². The molecule has 140 valence electrons. The van der Waals surface area contributed by atoms with Crippen molar-refractivity contribution < 1.29 is 9.53 Å². The van der Waals surface area contributed by atoms with Gasteiger partial charge in [-0.1, -0.05) is 19.9 Å². The van der Waals surface area contributed by atoms with Crippen molar-refractivity contribution in [2.75, 3.05) is 45.9 Å². The summed E-state index contributed by atoms with van der Waals surface area (Å²) in [4.78, 5) is 18.3. The van der Waals surface area contributed by atoms with Crippen LogP contribution in [0, 0.1) is 0 Å². The molecule has 2 rings (SSSR count). The molecule has 1 unspecified atom stereocenters. The summed E-state index contributed by atoms with van der Waals surface area (Å²) < 4.78 is 5.64. The third kappa shape index (κ3) is 7.25. The number of hydrogen-bond acceptors (Lipinski definition) is 5. The Morgan fingerprint density at radius 1 is 1.33 bits per heavy atom. The van der Waals surface area contributed by atoms with Crippen LogP contribution in [0.1, 0.15) is 18.7 Å². The lowest BCUT2D eigenvalue weighted by molar-refractivity contribution is -0.146. The molecule has 0 saturated carbocycles. The largest absolute Gasteiger partial charge is 0.366 e. The predicted octanol–water partition coefficient (Wildman–Crippen LogP) is 2.25. The second kappa shape index (κ2) is 12.9. The van der Waals surface area contributed by atoms with Crippen LogP contribution in [-0.4, -0.2) is 67.7 Å². The maximum absolute atomic E-state index is 12.8. The summed E-state index contributed by atoms with van der Waals surface area (Å²) in [6, 6.07) is 4.12. The van der Waals surface area contributed by atoms with Crippen molar-refractivity contribution in [1.29, 1.82) is 0 Å². The number of carbonyl (C=O) groups excluding carboxylic acids is 1. The molecule has 1 amide bonds. The molecule has 1 aliphatic heterocycles. The summed E-state index contributed by atoms with van der Waals surface area (Å²) in [6.45, 7) is 10.7. The van der Waals surface area contributed by atoms with Crippen molar-refractivity contribution in [3.8, 4) is 0 Å². The molecule has 8 heteroatoms. The van der Waals surface area contributed by atoms with Crippen molar-refractivity contribution in [3.63, 3.8) is 0 Å². The first kappa shape index (κ1) is 23.6. The first-order valence-electron chi connectivity index (χ1n) is 8.10. The van der Waals surface area contributed by atoms with Crippen LogP contribution < -0.4 is 5.32 Å². The number of ether oxygens (including phenoxy) is 1. The minimum atomic E-state index is -0.342. The first-order valence-corrected chi connectivity index (χ1v) is 8.98. The fraction of sp³-hybridized carbons (Fsp3) is 0.688. The number of nitrogens with one attached hydrogen (secondary N) is 1. The number of carbonyl (C=O) groups is 1. The monoisotopic (exact) mass is 397 g/mol. The third-order valence-electron chi connectivity index (χ3n) is 4.02. The average molecular weight is 398 g/mol.